The molecule has 0 fully saturated rings. The smallest absolute Gasteiger partial charge is 0.0474 e. The van der Waals surface area contributed by atoms with Crippen LogP contribution in [0.4, 0.5) is 0 Å². The molecule has 0 heterocycles. The molecule has 1 rings (SSSR count). The van der Waals surface area contributed by atoms with Crippen LogP contribution in [0.5, 0.6) is 0 Å². The Labute approximate surface area is 105 Å². The zero-order valence-electron chi connectivity index (χ0n) is 11.5. The third-order valence-electron chi connectivity index (χ3n) is 2.85. The first kappa shape index (κ1) is 14.2. The van der Waals surface area contributed by atoms with Crippen molar-refractivity contribution in [1.29, 1.82) is 0 Å². The van der Waals surface area contributed by atoms with E-state index in [0.717, 1.165) is 26.1 Å². The average Bonchev–Trinajstić information content (AvgIpc) is 2.28. The van der Waals surface area contributed by atoms with Gasteiger partial charge < -0.3 is 10.1 Å². The van der Waals surface area contributed by atoms with E-state index in [-0.39, 0.29) is 5.41 Å². The maximum Gasteiger partial charge on any atom is 0.0474 e. The van der Waals surface area contributed by atoms with Gasteiger partial charge in [0.2, 0.25) is 0 Å². The highest BCUT2D eigenvalue weighted by molar-refractivity contribution is 5.27. The lowest BCUT2D eigenvalue weighted by molar-refractivity contribution is 0.194. The quantitative estimate of drug-likeness (QED) is 0.765. The summed E-state index contributed by atoms with van der Waals surface area (Å²) in [6, 6.07) is 8.88. The molecule has 17 heavy (non-hydrogen) atoms. The lowest BCUT2D eigenvalue weighted by Gasteiger charge is -2.19. The van der Waals surface area contributed by atoms with Crippen LogP contribution in [0.15, 0.2) is 24.3 Å². The molecule has 0 unspecified atom stereocenters. The zero-order valence-corrected chi connectivity index (χ0v) is 11.5. The first-order valence-corrected chi connectivity index (χ1v) is 6.33. The van der Waals surface area contributed by atoms with Crippen LogP contribution < -0.4 is 5.32 Å². The SMILES string of the molecule is COCCCNCc1ccc(C(C)(C)C)cc1. The first-order valence-electron chi connectivity index (χ1n) is 6.33. The molecule has 96 valence electrons. The van der Waals surface area contributed by atoms with Gasteiger partial charge in [0.1, 0.15) is 0 Å². The number of benzene rings is 1. The molecule has 2 nitrogen and oxygen atoms in total. The minimum absolute atomic E-state index is 0.240. The fourth-order valence-corrected chi connectivity index (χ4v) is 1.70. The van der Waals surface area contributed by atoms with Crippen molar-refractivity contribution in [3.8, 4) is 0 Å². The summed E-state index contributed by atoms with van der Waals surface area (Å²) in [6.07, 6.45) is 1.07. The highest BCUT2D eigenvalue weighted by atomic mass is 16.5. The Hall–Kier alpha value is -0.860. The van der Waals surface area contributed by atoms with Gasteiger partial charge in [0.15, 0.2) is 0 Å². The Morgan fingerprint density at radius 1 is 1.12 bits per heavy atom. The Kier molecular flexibility index (Phi) is 5.66. The summed E-state index contributed by atoms with van der Waals surface area (Å²) in [5, 5.41) is 3.41. The lowest BCUT2D eigenvalue weighted by Crippen LogP contribution is -2.16. The fourth-order valence-electron chi connectivity index (χ4n) is 1.70. The molecule has 0 aliphatic heterocycles. The molecule has 0 aliphatic carbocycles. The molecule has 2 heteroatoms. The second-order valence-electron chi connectivity index (χ2n) is 5.47. The van der Waals surface area contributed by atoms with Gasteiger partial charge in [0.25, 0.3) is 0 Å². The van der Waals surface area contributed by atoms with E-state index in [1.54, 1.807) is 7.11 Å². The molecule has 0 aromatic heterocycles. The molecule has 0 aliphatic rings. The topological polar surface area (TPSA) is 21.3 Å². The molecule has 0 saturated carbocycles. The summed E-state index contributed by atoms with van der Waals surface area (Å²) in [5.74, 6) is 0. The van der Waals surface area contributed by atoms with Crippen LogP contribution in [-0.2, 0) is 16.7 Å². The average molecular weight is 235 g/mol. The Balaban J connectivity index is 2.36. The lowest BCUT2D eigenvalue weighted by atomic mass is 9.87. The number of ether oxygens (including phenoxy) is 1. The van der Waals surface area contributed by atoms with Crippen molar-refractivity contribution in [2.75, 3.05) is 20.3 Å². The zero-order chi connectivity index (χ0) is 12.7. The third kappa shape index (κ3) is 5.33. The van der Waals surface area contributed by atoms with Crippen molar-refractivity contribution in [2.45, 2.75) is 39.2 Å². The number of methoxy groups -OCH3 is 1. The van der Waals surface area contributed by atoms with Crippen LogP contribution in [0.2, 0.25) is 0 Å². The van der Waals surface area contributed by atoms with Crippen LogP contribution in [0, 0.1) is 0 Å². The summed E-state index contributed by atoms with van der Waals surface area (Å²) >= 11 is 0. The van der Waals surface area contributed by atoms with E-state index in [9.17, 15) is 0 Å². The standard InChI is InChI=1S/C15H25NO/c1-15(2,3)14-8-6-13(7-9-14)12-16-10-5-11-17-4/h6-9,16H,5,10-12H2,1-4H3. The van der Waals surface area contributed by atoms with E-state index >= 15 is 0 Å². The van der Waals surface area contributed by atoms with Gasteiger partial charge in [-0.05, 0) is 29.5 Å². The van der Waals surface area contributed by atoms with Gasteiger partial charge in [-0.1, -0.05) is 45.0 Å². The minimum Gasteiger partial charge on any atom is -0.385 e. The highest BCUT2D eigenvalue weighted by Gasteiger charge is 2.12. The van der Waals surface area contributed by atoms with E-state index in [1.807, 2.05) is 0 Å². The van der Waals surface area contributed by atoms with Gasteiger partial charge >= 0.3 is 0 Å². The molecule has 0 radical (unpaired) electrons. The normalized spacial score (nSPS) is 11.8. The summed E-state index contributed by atoms with van der Waals surface area (Å²) < 4.78 is 5.01. The molecule has 0 spiro atoms. The third-order valence-corrected chi connectivity index (χ3v) is 2.85. The van der Waals surface area contributed by atoms with E-state index in [0.29, 0.717) is 0 Å². The summed E-state index contributed by atoms with van der Waals surface area (Å²) in [5.41, 5.74) is 2.97. The Bertz CT molecular complexity index is 311. The molecule has 0 atom stereocenters. The molecule has 1 aromatic rings. The van der Waals surface area contributed by atoms with Crippen LogP contribution in [0.3, 0.4) is 0 Å². The van der Waals surface area contributed by atoms with E-state index in [2.05, 4.69) is 50.4 Å². The number of nitrogens with one attached hydrogen (secondary N) is 1. The molecule has 1 aromatic carbocycles. The predicted molar refractivity (Wildman–Crippen MR) is 73.3 cm³/mol. The van der Waals surface area contributed by atoms with Crippen molar-refractivity contribution in [1.82, 2.24) is 5.32 Å². The van der Waals surface area contributed by atoms with Gasteiger partial charge in [-0.25, -0.2) is 0 Å². The van der Waals surface area contributed by atoms with Crippen molar-refractivity contribution >= 4 is 0 Å². The molecular weight excluding hydrogens is 210 g/mol. The molecule has 0 saturated heterocycles. The summed E-state index contributed by atoms with van der Waals surface area (Å²) in [4.78, 5) is 0. The first-order chi connectivity index (χ1) is 8.04. The van der Waals surface area contributed by atoms with Gasteiger partial charge in [0, 0.05) is 20.3 Å². The summed E-state index contributed by atoms with van der Waals surface area (Å²) in [6.45, 7) is 9.50. The van der Waals surface area contributed by atoms with Crippen molar-refractivity contribution in [3.05, 3.63) is 35.4 Å². The summed E-state index contributed by atoms with van der Waals surface area (Å²) in [7, 11) is 1.74. The maximum atomic E-state index is 5.01. The molecule has 1 N–H and O–H groups in total. The minimum atomic E-state index is 0.240. The maximum absolute atomic E-state index is 5.01. The van der Waals surface area contributed by atoms with Gasteiger partial charge in [-0.2, -0.15) is 0 Å². The van der Waals surface area contributed by atoms with Crippen LogP contribution in [0.25, 0.3) is 0 Å². The van der Waals surface area contributed by atoms with Crippen LogP contribution in [-0.4, -0.2) is 20.3 Å². The molecular formula is C15H25NO. The molecule has 0 bridgehead atoms. The van der Waals surface area contributed by atoms with E-state index < -0.39 is 0 Å². The van der Waals surface area contributed by atoms with E-state index in [4.69, 9.17) is 4.74 Å². The van der Waals surface area contributed by atoms with Crippen molar-refractivity contribution in [3.63, 3.8) is 0 Å². The Morgan fingerprint density at radius 2 is 1.76 bits per heavy atom. The van der Waals surface area contributed by atoms with Crippen LogP contribution in [0.1, 0.15) is 38.3 Å². The predicted octanol–water partition coefficient (Wildman–Crippen LogP) is 3.11. The second-order valence-corrected chi connectivity index (χ2v) is 5.47. The van der Waals surface area contributed by atoms with Crippen molar-refractivity contribution in [2.24, 2.45) is 0 Å². The van der Waals surface area contributed by atoms with E-state index in [1.165, 1.54) is 11.1 Å². The highest BCUT2D eigenvalue weighted by Crippen LogP contribution is 2.21. The van der Waals surface area contributed by atoms with Gasteiger partial charge in [0.05, 0.1) is 0 Å². The second kappa shape index (κ2) is 6.77. The number of hydrogen-bond acceptors (Lipinski definition) is 2. The van der Waals surface area contributed by atoms with Crippen LogP contribution >= 0.6 is 0 Å². The van der Waals surface area contributed by atoms with Crippen molar-refractivity contribution < 1.29 is 4.74 Å². The molecule has 0 amide bonds. The van der Waals surface area contributed by atoms with Gasteiger partial charge in [-0.3, -0.25) is 0 Å². The fraction of sp³-hybridized carbons (Fsp3) is 0.600. The number of hydrogen-bond donors (Lipinski definition) is 1. The number of rotatable bonds is 6. The van der Waals surface area contributed by atoms with Gasteiger partial charge in [-0.15, -0.1) is 0 Å². The largest absolute Gasteiger partial charge is 0.385 e. The Morgan fingerprint density at radius 3 is 2.29 bits per heavy atom. The monoisotopic (exact) mass is 235 g/mol.